The molecule has 0 aliphatic carbocycles. The molecule has 2 aromatic rings. The van der Waals surface area contributed by atoms with Crippen LogP contribution < -0.4 is 10.6 Å². The number of hydrogen-bond acceptors (Lipinski definition) is 8. The third kappa shape index (κ3) is 3.96. The normalized spacial score (nSPS) is 20.9. The third-order valence-corrected chi connectivity index (χ3v) is 6.24. The summed E-state index contributed by atoms with van der Waals surface area (Å²) >= 11 is 0. The Kier molecular flexibility index (Phi) is 5.65. The summed E-state index contributed by atoms with van der Waals surface area (Å²) in [6.07, 6.45) is 3.51. The van der Waals surface area contributed by atoms with Gasteiger partial charge in [0.25, 0.3) is 11.8 Å². The Morgan fingerprint density at radius 1 is 1.12 bits per heavy atom. The Morgan fingerprint density at radius 3 is 2.68 bits per heavy atom. The molecule has 3 aliphatic heterocycles. The number of anilines is 1. The first-order chi connectivity index (χ1) is 16.4. The third-order valence-electron chi connectivity index (χ3n) is 6.24. The molecule has 5 amide bonds. The van der Waals surface area contributed by atoms with Crippen molar-refractivity contribution in [1.29, 1.82) is 0 Å². The summed E-state index contributed by atoms with van der Waals surface area (Å²) in [5.41, 5.74) is 1.08. The van der Waals surface area contributed by atoms with E-state index in [1.807, 2.05) is 0 Å². The van der Waals surface area contributed by atoms with E-state index in [1.165, 1.54) is 16.8 Å². The van der Waals surface area contributed by atoms with Crippen LogP contribution >= 0.6 is 0 Å². The number of hydrogen-bond donors (Lipinski definition) is 2. The Balaban J connectivity index is 1.31. The van der Waals surface area contributed by atoms with Crippen molar-refractivity contribution >= 4 is 35.2 Å². The molecule has 2 saturated heterocycles. The van der Waals surface area contributed by atoms with Crippen LogP contribution in [-0.4, -0.2) is 68.7 Å². The second-order valence-corrected chi connectivity index (χ2v) is 8.45. The maximum absolute atomic E-state index is 13.1. The SMILES string of the molecule is O=C1CCC(N2C(=O)c3cccc(NC(=O)Cn4cc(C5CCOCC5)nn4)c3C2=O)C(=O)N1. The smallest absolute Gasteiger partial charge is 0.264 e. The maximum Gasteiger partial charge on any atom is 0.264 e. The van der Waals surface area contributed by atoms with E-state index < -0.39 is 35.6 Å². The zero-order chi connectivity index (χ0) is 23.8. The van der Waals surface area contributed by atoms with E-state index in [9.17, 15) is 24.0 Å². The van der Waals surface area contributed by atoms with Crippen LogP contribution in [0.25, 0.3) is 0 Å². The average Bonchev–Trinajstić information content (AvgIpc) is 3.38. The Morgan fingerprint density at radius 2 is 1.91 bits per heavy atom. The van der Waals surface area contributed by atoms with E-state index in [1.54, 1.807) is 12.3 Å². The van der Waals surface area contributed by atoms with E-state index in [0.717, 1.165) is 23.4 Å². The predicted octanol–water partition coefficient (Wildman–Crippen LogP) is 0.212. The van der Waals surface area contributed by atoms with Gasteiger partial charge in [0.15, 0.2) is 0 Å². The number of ether oxygens (including phenoxy) is 1. The molecule has 0 radical (unpaired) electrons. The van der Waals surface area contributed by atoms with Crippen LogP contribution in [0.4, 0.5) is 5.69 Å². The quantitative estimate of drug-likeness (QED) is 0.593. The van der Waals surface area contributed by atoms with Gasteiger partial charge in [-0.1, -0.05) is 11.3 Å². The number of imide groups is 2. The van der Waals surface area contributed by atoms with Gasteiger partial charge in [0.05, 0.1) is 22.5 Å². The lowest BCUT2D eigenvalue weighted by atomic mass is 9.97. The molecule has 12 heteroatoms. The summed E-state index contributed by atoms with van der Waals surface area (Å²) < 4.78 is 6.78. The van der Waals surface area contributed by atoms with Crippen molar-refractivity contribution in [1.82, 2.24) is 25.2 Å². The Bertz CT molecular complexity index is 1200. The number of fused-ring (bicyclic) bond motifs is 1. The van der Waals surface area contributed by atoms with Crippen molar-refractivity contribution in [2.24, 2.45) is 0 Å². The van der Waals surface area contributed by atoms with Gasteiger partial charge in [0.1, 0.15) is 12.6 Å². The van der Waals surface area contributed by atoms with Gasteiger partial charge >= 0.3 is 0 Å². The fraction of sp³-hybridized carbons (Fsp3) is 0.409. The minimum Gasteiger partial charge on any atom is -0.381 e. The highest BCUT2D eigenvalue weighted by Crippen LogP contribution is 2.32. The van der Waals surface area contributed by atoms with E-state index in [-0.39, 0.29) is 42.1 Å². The van der Waals surface area contributed by atoms with Gasteiger partial charge in [0.2, 0.25) is 17.7 Å². The molecule has 0 bridgehead atoms. The topological polar surface area (TPSA) is 153 Å². The molecule has 1 aromatic carbocycles. The number of nitrogens with one attached hydrogen (secondary N) is 2. The van der Waals surface area contributed by atoms with Crippen LogP contribution in [0.5, 0.6) is 0 Å². The van der Waals surface area contributed by atoms with Crippen LogP contribution in [0.2, 0.25) is 0 Å². The van der Waals surface area contributed by atoms with E-state index in [4.69, 9.17) is 4.74 Å². The number of piperidine rings is 1. The highest BCUT2D eigenvalue weighted by Gasteiger charge is 2.45. The van der Waals surface area contributed by atoms with Crippen molar-refractivity contribution in [2.45, 2.75) is 44.2 Å². The lowest BCUT2D eigenvalue weighted by Gasteiger charge is -2.27. The molecule has 1 atom stereocenters. The van der Waals surface area contributed by atoms with Crippen LogP contribution in [0.3, 0.4) is 0 Å². The fourth-order valence-corrected chi connectivity index (χ4v) is 4.53. The summed E-state index contributed by atoms with van der Waals surface area (Å²) in [6.45, 7) is 1.21. The molecule has 3 aliphatic rings. The molecular formula is C22H22N6O6. The molecule has 5 rings (SSSR count). The van der Waals surface area contributed by atoms with Crippen molar-refractivity contribution in [3.63, 3.8) is 0 Å². The minimum atomic E-state index is -1.08. The lowest BCUT2D eigenvalue weighted by molar-refractivity contribution is -0.136. The van der Waals surface area contributed by atoms with E-state index in [0.29, 0.717) is 13.2 Å². The molecule has 34 heavy (non-hydrogen) atoms. The molecule has 1 aromatic heterocycles. The maximum atomic E-state index is 13.1. The summed E-state index contributed by atoms with van der Waals surface area (Å²) in [4.78, 5) is 63.3. The number of aromatic nitrogens is 3. The van der Waals surface area contributed by atoms with E-state index >= 15 is 0 Å². The second-order valence-electron chi connectivity index (χ2n) is 8.45. The number of carbonyl (C=O) groups excluding carboxylic acids is 5. The molecule has 4 heterocycles. The fourth-order valence-electron chi connectivity index (χ4n) is 4.53. The molecule has 0 spiro atoms. The van der Waals surface area contributed by atoms with Crippen LogP contribution in [-0.2, 0) is 25.7 Å². The molecule has 176 valence electrons. The number of benzene rings is 1. The van der Waals surface area contributed by atoms with Gasteiger partial charge in [0, 0.05) is 31.7 Å². The Hall–Kier alpha value is -3.93. The lowest BCUT2D eigenvalue weighted by Crippen LogP contribution is -2.54. The molecule has 0 saturated carbocycles. The van der Waals surface area contributed by atoms with Crippen LogP contribution in [0.1, 0.15) is 58.0 Å². The van der Waals surface area contributed by atoms with Crippen molar-refractivity contribution in [3.05, 3.63) is 41.2 Å². The number of nitrogens with zero attached hydrogens (tertiary/aromatic N) is 4. The first kappa shape index (κ1) is 21.9. The average molecular weight is 466 g/mol. The summed E-state index contributed by atoms with van der Waals surface area (Å²) in [5.74, 6) is -2.67. The van der Waals surface area contributed by atoms with Gasteiger partial charge < -0.3 is 10.1 Å². The van der Waals surface area contributed by atoms with Crippen molar-refractivity contribution in [2.75, 3.05) is 18.5 Å². The standard InChI is InChI=1S/C22H22N6O6/c29-17-5-4-16(20(31)24-17)28-21(32)13-2-1-3-14(19(13)22(28)33)23-18(30)11-27-10-15(25-26-27)12-6-8-34-9-7-12/h1-3,10,12,16H,4-9,11H2,(H,23,30)(H,24,29,31). The molecular weight excluding hydrogens is 444 g/mol. The molecule has 1 unspecified atom stereocenters. The van der Waals surface area contributed by atoms with Crippen molar-refractivity contribution < 1.29 is 28.7 Å². The number of amides is 5. The largest absolute Gasteiger partial charge is 0.381 e. The number of carbonyl (C=O) groups is 5. The summed E-state index contributed by atoms with van der Waals surface area (Å²) in [7, 11) is 0. The van der Waals surface area contributed by atoms with Gasteiger partial charge in [-0.3, -0.25) is 34.2 Å². The van der Waals surface area contributed by atoms with Crippen molar-refractivity contribution in [3.8, 4) is 0 Å². The highest BCUT2D eigenvalue weighted by atomic mass is 16.5. The van der Waals surface area contributed by atoms with Gasteiger partial charge in [-0.25, -0.2) is 4.68 Å². The van der Waals surface area contributed by atoms with Crippen LogP contribution in [0.15, 0.2) is 24.4 Å². The van der Waals surface area contributed by atoms with Gasteiger partial charge in [-0.05, 0) is 31.4 Å². The van der Waals surface area contributed by atoms with Gasteiger partial charge in [-0.2, -0.15) is 0 Å². The molecule has 2 N–H and O–H groups in total. The van der Waals surface area contributed by atoms with E-state index in [2.05, 4.69) is 20.9 Å². The van der Waals surface area contributed by atoms with Crippen LogP contribution in [0, 0.1) is 0 Å². The monoisotopic (exact) mass is 466 g/mol. The zero-order valence-electron chi connectivity index (χ0n) is 18.2. The first-order valence-electron chi connectivity index (χ1n) is 11.0. The van der Waals surface area contributed by atoms with Gasteiger partial charge in [-0.15, -0.1) is 5.10 Å². The first-order valence-corrected chi connectivity index (χ1v) is 11.0. The predicted molar refractivity (Wildman–Crippen MR) is 115 cm³/mol. The highest BCUT2D eigenvalue weighted by molar-refractivity contribution is 6.26. The summed E-state index contributed by atoms with van der Waals surface area (Å²) in [5, 5.41) is 13.0. The molecule has 2 fully saturated rings. The zero-order valence-corrected chi connectivity index (χ0v) is 18.2. The summed E-state index contributed by atoms with van der Waals surface area (Å²) in [6, 6.07) is 3.46. The second kappa shape index (κ2) is 8.78. The number of rotatable bonds is 5. The minimum absolute atomic E-state index is 0.0204. The Labute approximate surface area is 193 Å². The molecule has 12 nitrogen and oxygen atoms in total.